The van der Waals surface area contributed by atoms with Crippen molar-refractivity contribution < 1.29 is 0 Å². The number of nitrogens with two attached hydrogens (primary N) is 1. The van der Waals surface area contributed by atoms with Gasteiger partial charge in [-0.25, -0.2) is 0 Å². The molecule has 1 aromatic carbocycles. The zero-order valence-electron chi connectivity index (χ0n) is 10.6. The molecular weight excluding hydrogens is 208 g/mol. The Morgan fingerprint density at radius 1 is 1.06 bits per heavy atom. The van der Waals surface area contributed by atoms with Crippen LogP contribution in [0.2, 0.25) is 0 Å². The average Bonchev–Trinajstić information content (AvgIpc) is 2.41. The first-order chi connectivity index (χ1) is 8.36. The van der Waals surface area contributed by atoms with Crippen LogP contribution in [0.4, 0.5) is 0 Å². The third-order valence-corrected chi connectivity index (χ3v) is 3.67. The molecule has 1 atom stereocenters. The molecule has 1 saturated heterocycles. The number of benzene rings is 1. The van der Waals surface area contributed by atoms with Crippen molar-refractivity contribution in [1.29, 1.82) is 0 Å². The molecule has 1 aliphatic rings. The minimum atomic E-state index is 0.209. The molecule has 0 radical (unpaired) electrons. The molecule has 1 aliphatic heterocycles. The summed E-state index contributed by atoms with van der Waals surface area (Å²) in [6.07, 6.45) is 6.49. The Bertz CT molecular complexity index is 304. The molecular formula is C15H24N2. The maximum atomic E-state index is 6.19. The van der Waals surface area contributed by atoms with Crippen molar-refractivity contribution in [1.82, 2.24) is 4.90 Å². The van der Waals surface area contributed by atoms with Crippen molar-refractivity contribution in [3.63, 3.8) is 0 Å². The van der Waals surface area contributed by atoms with Gasteiger partial charge in [-0.15, -0.1) is 0 Å². The van der Waals surface area contributed by atoms with E-state index in [0.717, 1.165) is 6.42 Å². The highest BCUT2D eigenvalue weighted by atomic mass is 15.1. The summed E-state index contributed by atoms with van der Waals surface area (Å²) < 4.78 is 0. The lowest BCUT2D eigenvalue weighted by Crippen LogP contribution is -2.31. The molecule has 1 aromatic rings. The molecule has 1 fully saturated rings. The van der Waals surface area contributed by atoms with Crippen molar-refractivity contribution in [3.8, 4) is 0 Å². The van der Waals surface area contributed by atoms with Gasteiger partial charge in [-0.2, -0.15) is 0 Å². The van der Waals surface area contributed by atoms with Crippen LogP contribution in [0.5, 0.6) is 0 Å². The fourth-order valence-corrected chi connectivity index (χ4v) is 2.58. The van der Waals surface area contributed by atoms with Crippen LogP contribution in [0, 0.1) is 0 Å². The minimum absolute atomic E-state index is 0.209. The van der Waals surface area contributed by atoms with E-state index in [1.165, 1.54) is 50.9 Å². The van der Waals surface area contributed by atoms with Gasteiger partial charge in [0.25, 0.3) is 0 Å². The summed E-state index contributed by atoms with van der Waals surface area (Å²) in [6.45, 7) is 3.81. The zero-order valence-corrected chi connectivity index (χ0v) is 10.6. The lowest BCUT2D eigenvalue weighted by atomic mass is 10.0. The van der Waals surface area contributed by atoms with Crippen molar-refractivity contribution in [2.75, 3.05) is 19.6 Å². The molecule has 0 aromatic heterocycles. The largest absolute Gasteiger partial charge is 0.324 e. The fraction of sp³-hybridized carbons (Fsp3) is 0.600. The Balaban J connectivity index is 1.67. The van der Waals surface area contributed by atoms with Crippen LogP contribution in [0.15, 0.2) is 30.3 Å². The quantitative estimate of drug-likeness (QED) is 0.845. The van der Waals surface area contributed by atoms with Crippen LogP contribution in [-0.4, -0.2) is 24.5 Å². The molecule has 0 spiro atoms. The molecule has 1 unspecified atom stereocenters. The number of piperidine rings is 1. The number of hydrogen-bond acceptors (Lipinski definition) is 2. The maximum absolute atomic E-state index is 6.19. The van der Waals surface area contributed by atoms with Crippen molar-refractivity contribution in [2.24, 2.45) is 5.73 Å². The third-order valence-electron chi connectivity index (χ3n) is 3.67. The second-order valence-corrected chi connectivity index (χ2v) is 5.06. The summed E-state index contributed by atoms with van der Waals surface area (Å²) in [6, 6.07) is 10.7. The van der Waals surface area contributed by atoms with Gasteiger partial charge in [-0.3, -0.25) is 0 Å². The van der Waals surface area contributed by atoms with Crippen LogP contribution in [-0.2, 0) is 0 Å². The average molecular weight is 232 g/mol. The van der Waals surface area contributed by atoms with E-state index in [1.807, 2.05) is 6.07 Å². The second-order valence-electron chi connectivity index (χ2n) is 5.06. The molecule has 2 N–H and O–H groups in total. The minimum Gasteiger partial charge on any atom is -0.324 e. The predicted molar refractivity (Wildman–Crippen MR) is 72.9 cm³/mol. The van der Waals surface area contributed by atoms with Gasteiger partial charge in [0.1, 0.15) is 0 Å². The van der Waals surface area contributed by atoms with Crippen LogP contribution in [0.3, 0.4) is 0 Å². The Morgan fingerprint density at radius 3 is 2.47 bits per heavy atom. The summed E-state index contributed by atoms with van der Waals surface area (Å²) in [5, 5.41) is 0. The van der Waals surface area contributed by atoms with E-state index in [-0.39, 0.29) is 6.04 Å². The first-order valence-corrected chi connectivity index (χ1v) is 6.89. The molecule has 2 rings (SSSR count). The lowest BCUT2D eigenvalue weighted by Gasteiger charge is -2.26. The number of hydrogen-bond donors (Lipinski definition) is 1. The molecule has 2 heteroatoms. The summed E-state index contributed by atoms with van der Waals surface area (Å²) in [7, 11) is 0. The highest BCUT2D eigenvalue weighted by molar-refractivity contribution is 5.18. The van der Waals surface area contributed by atoms with Gasteiger partial charge in [-0.05, 0) is 50.9 Å². The molecule has 0 saturated carbocycles. The molecule has 2 nitrogen and oxygen atoms in total. The number of likely N-dealkylation sites (tertiary alicyclic amines) is 1. The lowest BCUT2D eigenvalue weighted by molar-refractivity contribution is 0.223. The Morgan fingerprint density at radius 2 is 1.76 bits per heavy atom. The fourth-order valence-electron chi connectivity index (χ4n) is 2.58. The standard InChI is InChI=1S/C15H24N2/c16-15(14-8-3-1-4-9-14)10-7-13-17-11-5-2-6-12-17/h1,3-4,8-9,15H,2,5-7,10-13,16H2. The van der Waals surface area contributed by atoms with E-state index in [9.17, 15) is 0 Å². The summed E-state index contributed by atoms with van der Waals surface area (Å²) >= 11 is 0. The van der Waals surface area contributed by atoms with Crippen molar-refractivity contribution in [2.45, 2.75) is 38.1 Å². The van der Waals surface area contributed by atoms with E-state index in [1.54, 1.807) is 0 Å². The SMILES string of the molecule is NC(CCCN1CCCCC1)c1ccccc1. The molecule has 94 valence electrons. The van der Waals surface area contributed by atoms with Gasteiger partial charge >= 0.3 is 0 Å². The molecule has 0 bridgehead atoms. The topological polar surface area (TPSA) is 29.3 Å². The highest BCUT2D eigenvalue weighted by Crippen LogP contribution is 2.16. The van der Waals surface area contributed by atoms with Gasteiger partial charge < -0.3 is 10.6 Å². The molecule has 1 heterocycles. The van der Waals surface area contributed by atoms with Crippen LogP contribution in [0.25, 0.3) is 0 Å². The zero-order chi connectivity index (χ0) is 11.9. The first kappa shape index (κ1) is 12.6. The molecule has 17 heavy (non-hydrogen) atoms. The normalized spacial score (nSPS) is 19.1. The predicted octanol–water partition coefficient (Wildman–Crippen LogP) is 2.95. The second kappa shape index (κ2) is 6.77. The van der Waals surface area contributed by atoms with E-state index < -0.39 is 0 Å². The third kappa shape index (κ3) is 4.14. The van der Waals surface area contributed by atoms with Crippen molar-refractivity contribution >= 4 is 0 Å². The van der Waals surface area contributed by atoms with Crippen LogP contribution < -0.4 is 5.73 Å². The molecule has 0 aliphatic carbocycles. The first-order valence-electron chi connectivity index (χ1n) is 6.89. The maximum Gasteiger partial charge on any atom is 0.0295 e. The Labute approximate surface area is 105 Å². The van der Waals surface area contributed by atoms with Gasteiger partial charge in [0.2, 0.25) is 0 Å². The number of nitrogens with zero attached hydrogens (tertiary/aromatic N) is 1. The summed E-state index contributed by atoms with van der Waals surface area (Å²) in [5.74, 6) is 0. The summed E-state index contributed by atoms with van der Waals surface area (Å²) in [4.78, 5) is 2.58. The van der Waals surface area contributed by atoms with E-state index in [0.29, 0.717) is 0 Å². The van der Waals surface area contributed by atoms with Gasteiger partial charge in [0, 0.05) is 6.04 Å². The van der Waals surface area contributed by atoms with E-state index >= 15 is 0 Å². The highest BCUT2D eigenvalue weighted by Gasteiger charge is 2.10. The Kier molecular flexibility index (Phi) is 5.02. The Hall–Kier alpha value is -0.860. The van der Waals surface area contributed by atoms with Crippen LogP contribution in [0.1, 0.15) is 43.7 Å². The van der Waals surface area contributed by atoms with Crippen LogP contribution >= 0.6 is 0 Å². The van der Waals surface area contributed by atoms with Crippen molar-refractivity contribution in [3.05, 3.63) is 35.9 Å². The van der Waals surface area contributed by atoms with Gasteiger partial charge in [0.15, 0.2) is 0 Å². The summed E-state index contributed by atoms with van der Waals surface area (Å²) in [5.41, 5.74) is 7.46. The number of rotatable bonds is 5. The van der Waals surface area contributed by atoms with E-state index in [2.05, 4.69) is 29.2 Å². The van der Waals surface area contributed by atoms with Gasteiger partial charge in [0.05, 0.1) is 0 Å². The smallest absolute Gasteiger partial charge is 0.0295 e. The van der Waals surface area contributed by atoms with E-state index in [4.69, 9.17) is 5.73 Å². The monoisotopic (exact) mass is 232 g/mol. The van der Waals surface area contributed by atoms with Gasteiger partial charge in [-0.1, -0.05) is 36.8 Å². The molecule has 0 amide bonds.